The topological polar surface area (TPSA) is 78.9 Å². The third-order valence-corrected chi connectivity index (χ3v) is 11.9. The molecule has 72 heavy (non-hydrogen) atoms. The highest BCUT2D eigenvalue weighted by molar-refractivity contribution is 5.71. The first-order chi connectivity index (χ1) is 35.5. The van der Waals surface area contributed by atoms with Gasteiger partial charge in [0, 0.05) is 19.3 Å². The van der Waals surface area contributed by atoms with Crippen LogP contribution in [0.15, 0.2) is 134 Å². The van der Waals surface area contributed by atoms with Crippen molar-refractivity contribution in [1.29, 1.82) is 0 Å². The SMILES string of the molecule is CC/C=C\C/C=C\C/C=C\C/C=C\C/C=C\CCCCCCCC(=O)OCC(COC(=O)CCCCCCC/C=C\CCCCC)OC(=O)CCCCCCC/C=C\C/C=C\C/C=C\C/C=C\C/C=C\CC. The van der Waals surface area contributed by atoms with Crippen molar-refractivity contribution in [2.75, 3.05) is 13.2 Å². The van der Waals surface area contributed by atoms with E-state index in [1.54, 1.807) is 0 Å². The van der Waals surface area contributed by atoms with Crippen LogP contribution in [0.5, 0.6) is 0 Å². The summed E-state index contributed by atoms with van der Waals surface area (Å²) in [6.07, 6.45) is 82.9. The van der Waals surface area contributed by atoms with Gasteiger partial charge in [-0.05, 0) is 135 Å². The first kappa shape index (κ1) is 67.5. The van der Waals surface area contributed by atoms with Gasteiger partial charge in [0.1, 0.15) is 13.2 Å². The molecule has 6 heteroatoms. The summed E-state index contributed by atoms with van der Waals surface area (Å²) in [5.41, 5.74) is 0. The summed E-state index contributed by atoms with van der Waals surface area (Å²) in [6.45, 7) is 6.34. The van der Waals surface area contributed by atoms with Gasteiger partial charge in [0.25, 0.3) is 0 Å². The third kappa shape index (κ3) is 56.5. The van der Waals surface area contributed by atoms with Crippen LogP contribution in [0.4, 0.5) is 0 Å². The molecule has 0 saturated carbocycles. The lowest BCUT2D eigenvalue weighted by Crippen LogP contribution is -2.30. The second kappa shape index (κ2) is 59.1. The number of unbranched alkanes of at least 4 members (excludes halogenated alkanes) is 18. The average Bonchev–Trinajstić information content (AvgIpc) is 3.38. The first-order valence-electron chi connectivity index (χ1n) is 29.2. The van der Waals surface area contributed by atoms with Crippen molar-refractivity contribution in [3.63, 3.8) is 0 Å². The maximum absolute atomic E-state index is 12.9. The summed E-state index contributed by atoms with van der Waals surface area (Å²) < 4.78 is 16.8. The van der Waals surface area contributed by atoms with Gasteiger partial charge in [-0.2, -0.15) is 0 Å². The number of ether oxygens (including phenoxy) is 3. The Labute approximate surface area is 443 Å². The Kier molecular flexibility index (Phi) is 55.5. The van der Waals surface area contributed by atoms with Crippen molar-refractivity contribution in [1.82, 2.24) is 0 Å². The summed E-state index contributed by atoms with van der Waals surface area (Å²) in [7, 11) is 0. The predicted molar refractivity (Wildman–Crippen MR) is 311 cm³/mol. The Hall–Kier alpha value is -4.45. The molecule has 0 N–H and O–H groups in total. The van der Waals surface area contributed by atoms with E-state index in [0.29, 0.717) is 19.3 Å². The zero-order valence-corrected chi connectivity index (χ0v) is 46.4. The molecule has 0 aliphatic carbocycles. The van der Waals surface area contributed by atoms with E-state index in [1.165, 1.54) is 32.1 Å². The van der Waals surface area contributed by atoms with E-state index < -0.39 is 6.10 Å². The molecule has 0 rings (SSSR count). The van der Waals surface area contributed by atoms with Gasteiger partial charge in [-0.25, -0.2) is 0 Å². The average molecular weight is 996 g/mol. The van der Waals surface area contributed by atoms with Crippen molar-refractivity contribution in [2.24, 2.45) is 0 Å². The number of hydrogen-bond donors (Lipinski definition) is 0. The van der Waals surface area contributed by atoms with E-state index in [4.69, 9.17) is 14.2 Å². The van der Waals surface area contributed by atoms with Crippen molar-refractivity contribution >= 4 is 17.9 Å². The highest BCUT2D eigenvalue weighted by Gasteiger charge is 2.19. The van der Waals surface area contributed by atoms with Crippen molar-refractivity contribution in [3.05, 3.63) is 134 Å². The minimum absolute atomic E-state index is 0.101. The standard InChI is InChI=1S/C66H106O6/c1-4-7-10-13-16-19-22-25-27-29-31-33-35-37-39-41-44-47-50-53-56-59-65(68)71-62-63(61-70-64(67)58-55-52-49-46-43-24-21-18-15-12-9-6-3)72-66(69)60-57-54-51-48-45-42-40-38-36-34-32-30-28-26-23-20-17-14-11-8-5-2/h7-8,10-11,16-21,25-28,31-34,37-40,63H,4-6,9,12-15,22-24,29-30,35-36,41-62H2,1-3H3/b10-7-,11-8-,19-16-,20-17-,21-18-,27-25-,28-26-,33-31-,34-32-,39-37-,40-38-. The van der Waals surface area contributed by atoms with E-state index in [2.05, 4.69) is 154 Å². The van der Waals surface area contributed by atoms with Gasteiger partial charge in [-0.1, -0.05) is 225 Å². The molecule has 0 spiro atoms. The highest BCUT2D eigenvalue weighted by atomic mass is 16.6. The molecular weight excluding hydrogens is 889 g/mol. The fraction of sp³-hybridized carbons (Fsp3) is 0.621. The molecule has 0 aromatic rings. The largest absolute Gasteiger partial charge is 0.462 e. The molecule has 0 amide bonds. The minimum atomic E-state index is -0.806. The van der Waals surface area contributed by atoms with Crippen LogP contribution in [0.3, 0.4) is 0 Å². The molecule has 406 valence electrons. The highest BCUT2D eigenvalue weighted by Crippen LogP contribution is 2.13. The summed E-state index contributed by atoms with van der Waals surface area (Å²) in [5.74, 6) is -0.952. The van der Waals surface area contributed by atoms with E-state index in [-0.39, 0.29) is 31.1 Å². The molecule has 0 saturated heterocycles. The molecule has 0 bridgehead atoms. The van der Waals surface area contributed by atoms with Gasteiger partial charge in [0.05, 0.1) is 0 Å². The number of rotatable bonds is 51. The fourth-order valence-electron chi connectivity index (χ4n) is 7.55. The molecule has 0 radical (unpaired) electrons. The molecule has 1 unspecified atom stereocenters. The van der Waals surface area contributed by atoms with Crippen molar-refractivity contribution in [3.8, 4) is 0 Å². The Bertz CT molecular complexity index is 1560. The minimum Gasteiger partial charge on any atom is -0.462 e. The summed E-state index contributed by atoms with van der Waals surface area (Å²) in [5, 5.41) is 0. The normalized spacial score (nSPS) is 13.1. The van der Waals surface area contributed by atoms with Crippen LogP contribution in [0.25, 0.3) is 0 Å². The van der Waals surface area contributed by atoms with Gasteiger partial charge in [-0.15, -0.1) is 0 Å². The third-order valence-electron chi connectivity index (χ3n) is 11.9. The molecular formula is C66H106O6. The van der Waals surface area contributed by atoms with Gasteiger partial charge in [0.2, 0.25) is 0 Å². The van der Waals surface area contributed by atoms with Gasteiger partial charge >= 0.3 is 17.9 Å². The molecule has 0 aromatic heterocycles. The van der Waals surface area contributed by atoms with Crippen molar-refractivity contribution in [2.45, 2.75) is 252 Å². The van der Waals surface area contributed by atoms with Crippen LogP contribution < -0.4 is 0 Å². The predicted octanol–water partition coefficient (Wildman–Crippen LogP) is 19.8. The second-order valence-corrected chi connectivity index (χ2v) is 18.8. The molecule has 0 aromatic carbocycles. The smallest absolute Gasteiger partial charge is 0.306 e. The molecule has 0 aliphatic rings. The van der Waals surface area contributed by atoms with Crippen LogP contribution in [0.1, 0.15) is 245 Å². The molecule has 0 fully saturated rings. The molecule has 0 aliphatic heterocycles. The lowest BCUT2D eigenvalue weighted by Gasteiger charge is -2.18. The van der Waals surface area contributed by atoms with Crippen LogP contribution in [-0.4, -0.2) is 37.2 Å². The monoisotopic (exact) mass is 995 g/mol. The number of hydrogen-bond acceptors (Lipinski definition) is 6. The molecule has 0 heterocycles. The van der Waals surface area contributed by atoms with Crippen LogP contribution in [0, 0.1) is 0 Å². The Morgan fingerprint density at radius 1 is 0.292 bits per heavy atom. The lowest BCUT2D eigenvalue weighted by atomic mass is 10.1. The Balaban J connectivity index is 4.46. The quantitative estimate of drug-likeness (QED) is 0.0261. The number of carbonyl (C=O) groups is 3. The molecule has 6 nitrogen and oxygen atoms in total. The van der Waals surface area contributed by atoms with Crippen LogP contribution in [-0.2, 0) is 28.6 Å². The first-order valence-corrected chi connectivity index (χ1v) is 29.2. The number of esters is 3. The maximum Gasteiger partial charge on any atom is 0.306 e. The van der Waals surface area contributed by atoms with Crippen LogP contribution in [0.2, 0.25) is 0 Å². The van der Waals surface area contributed by atoms with Crippen LogP contribution >= 0.6 is 0 Å². The Morgan fingerprint density at radius 3 is 0.861 bits per heavy atom. The second-order valence-electron chi connectivity index (χ2n) is 18.8. The summed E-state index contributed by atoms with van der Waals surface area (Å²) in [6, 6.07) is 0. The van der Waals surface area contributed by atoms with E-state index in [0.717, 1.165) is 173 Å². The number of carbonyl (C=O) groups excluding carboxylic acids is 3. The van der Waals surface area contributed by atoms with Gasteiger partial charge in [-0.3, -0.25) is 14.4 Å². The molecule has 1 atom stereocenters. The van der Waals surface area contributed by atoms with Crippen molar-refractivity contribution < 1.29 is 28.6 Å². The van der Waals surface area contributed by atoms with Gasteiger partial charge < -0.3 is 14.2 Å². The zero-order chi connectivity index (χ0) is 52.2. The summed E-state index contributed by atoms with van der Waals surface area (Å²) >= 11 is 0. The summed E-state index contributed by atoms with van der Waals surface area (Å²) in [4.78, 5) is 38.2. The van der Waals surface area contributed by atoms with E-state index in [1.807, 2.05) is 0 Å². The fourth-order valence-corrected chi connectivity index (χ4v) is 7.55. The Morgan fingerprint density at radius 2 is 0.542 bits per heavy atom. The maximum atomic E-state index is 12.9. The number of allylic oxidation sites excluding steroid dienone is 22. The van der Waals surface area contributed by atoms with E-state index in [9.17, 15) is 14.4 Å². The van der Waals surface area contributed by atoms with Gasteiger partial charge in [0.15, 0.2) is 6.10 Å². The lowest BCUT2D eigenvalue weighted by molar-refractivity contribution is -0.167. The zero-order valence-electron chi connectivity index (χ0n) is 46.4. The van der Waals surface area contributed by atoms with E-state index >= 15 is 0 Å².